The SMILES string of the molecule is CCOc1ccc(/C=C2/SC3CCC(C(=O)N4CCN(c5cccc(C)c5)C(C)C4)CC3N(C)C2=O)cc1OC. The average Bonchev–Trinajstić information content (AvgIpc) is 2.96. The maximum Gasteiger partial charge on any atom is 0.260 e. The minimum atomic E-state index is -0.0317. The van der Waals surface area contributed by atoms with Crippen LogP contribution in [0.2, 0.25) is 0 Å². The van der Waals surface area contributed by atoms with Crippen LogP contribution < -0.4 is 14.4 Å². The molecule has 0 spiro atoms. The molecule has 2 amide bonds. The Morgan fingerprint density at radius 3 is 2.67 bits per heavy atom. The Kier molecular flexibility index (Phi) is 8.64. The Bertz CT molecular complexity index is 1280. The van der Waals surface area contributed by atoms with E-state index in [1.165, 1.54) is 11.3 Å². The molecule has 3 fully saturated rings. The lowest BCUT2D eigenvalue weighted by atomic mass is 9.83. The van der Waals surface area contributed by atoms with Gasteiger partial charge >= 0.3 is 0 Å². The maximum atomic E-state index is 13.7. The first-order valence-electron chi connectivity index (χ1n) is 14.4. The van der Waals surface area contributed by atoms with Gasteiger partial charge in [0.25, 0.3) is 5.91 Å². The fraction of sp³-hybridized carbons (Fsp3) is 0.500. The van der Waals surface area contributed by atoms with Crippen LogP contribution in [0.3, 0.4) is 0 Å². The first-order valence-corrected chi connectivity index (χ1v) is 15.3. The number of amides is 2. The molecule has 4 atom stereocenters. The van der Waals surface area contributed by atoms with Gasteiger partial charge < -0.3 is 24.2 Å². The van der Waals surface area contributed by atoms with Crippen molar-refractivity contribution in [3.8, 4) is 11.5 Å². The van der Waals surface area contributed by atoms with Crippen molar-refractivity contribution < 1.29 is 19.1 Å². The van der Waals surface area contributed by atoms with Crippen molar-refractivity contribution in [2.75, 3.05) is 45.3 Å². The molecule has 7 nitrogen and oxygen atoms in total. The van der Waals surface area contributed by atoms with Gasteiger partial charge in [0.05, 0.1) is 18.6 Å². The molecular weight excluding hydrogens is 522 g/mol. The van der Waals surface area contributed by atoms with Gasteiger partial charge in [-0.15, -0.1) is 11.8 Å². The number of carbonyl (C=O) groups is 2. The van der Waals surface area contributed by atoms with Crippen molar-refractivity contribution in [2.45, 2.75) is 57.4 Å². The zero-order chi connectivity index (χ0) is 28.4. The molecule has 2 aliphatic heterocycles. The third-order valence-corrected chi connectivity index (χ3v) is 9.87. The number of piperazine rings is 1. The Balaban J connectivity index is 1.22. The molecule has 40 heavy (non-hydrogen) atoms. The highest BCUT2D eigenvalue weighted by molar-refractivity contribution is 8.04. The second-order valence-corrected chi connectivity index (χ2v) is 12.4. The number of benzene rings is 2. The summed E-state index contributed by atoms with van der Waals surface area (Å²) in [5, 5.41) is 0.291. The van der Waals surface area contributed by atoms with Crippen LogP contribution in [-0.2, 0) is 9.59 Å². The van der Waals surface area contributed by atoms with E-state index < -0.39 is 0 Å². The zero-order valence-corrected chi connectivity index (χ0v) is 25.1. The minimum Gasteiger partial charge on any atom is -0.493 e. The highest BCUT2D eigenvalue weighted by atomic mass is 32.2. The first-order chi connectivity index (χ1) is 19.3. The number of thioether (sulfide) groups is 1. The Morgan fingerprint density at radius 1 is 1.12 bits per heavy atom. The van der Waals surface area contributed by atoms with E-state index in [9.17, 15) is 9.59 Å². The van der Waals surface area contributed by atoms with Gasteiger partial charge in [-0.05, 0) is 81.5 Å². The van der Waals surface area contributed by atoms with Gasteiger partial charge in [0, 0.05) is 55.6 Å². The minimum absolute atomic E-state index is 0.0209. The number of nitrogens with zero attached hydrogens (tertiary/aromatic N) is 3. The number of carbonyl (C=O) groups excluding carboxylic acids is 2. The molecule has 0 radical (unpaired) electrons. The summed E-state index contributed by atoms with van der Waals surface area (Å²) in [6.07, 6.45) is 4.47. The van der Waals surface area contributed by atoms with E-state index >= 15 is 0 Å². The van der Waals surface area contributed by atoms with Crippen LogP contribution in [0.1, 0.15) is 44.2 Å². The van der Waals surface area contributed by atoms with E-state index in [1.54, 1.807) is 18.9 Å². The third kappa shape index (κ3) is 5.82. The van der Waals surface area contributed by atoms with Gasteiger partial charge in [-0.1, -0.05) is 18.2 Å². The van der Waals surface area contributed by atoms with E-state index in [0.717, 1.165) is 49.4 Å². The molecule has 2 aromatic carbocycles. The van der Waals surface area contributed by atoms with E-state index in [2.05, 4.69) is 47.9 Å². The molecule has 1 aliphatic carbocycles. The number of hydrogen-bond donors (Lipinski definition) is 0. The molecule has 8 heteroatoms. The molecule has 2 saturated heterocycles. The predicted octanol–water partition coefficient (Wildman–Crippen LogP) is 5.22. The van der Waals surface area contributed by atoms with Crippen LogP contribution in [0.15, 0.2) is 47.4 Å². The van der Waals surface area contributed by atoms with Gasteiger partial charge in [0.15, 0.2) is 11.5 Å². The average molecular weight is 564 g/mol. The number of hydrogen-bond acceptors (Lipinski definition) is 6. The standard InChI is InChI=1S/C32H41N3O4S/c1-6-39-27-12-10-23(17-28(27)38-5)18-30-32(37)33(4)26-19-24(11-13-29(26)40-30)31(36)34-14-15-35(22(3)20-34)25-9-7-8-21(2)16-25/h7-10,12,16-18,22,24,26,29H,6,11,13-15,19-20H2,1-5H3/b30-18+. The van der Waals surface area contributed by atoms with Crippen LogP contribution in [0.5, 0.6) is 11.5 Å². The van der Waals surface area contributed by atoms with Crippen molar-refractivity contribution in [3.63, 3.8) is 0 Å². The summed E-state index contributed by atoms with van der Waals surface area (Å²) in [6, 6.07) is 14.7. The van der Waals surface area contributed by atoms with E-state index in [1.807, 2.05) is 43.1 Å². The van der Waals surface area contributed by atoms with Crippen LogP contribution in [0.4, 0.5) is 5.69 Å². The van der Waals surface area contributed by atoms with Crippen molar-refractivity contribution >= 4 is 35.3 Å². The molecule has 214 valence electrons. The van der Waals surface area contributed by atoms with E-state index in [4.69, 9.17) is 9.47 Å². The largest absolute Gasteiger partial charge is 0.493 e. The fourth-order valence-corrected chi connectivity index (χ4v) is 7.81. The van der Waals surface area contributed by atoms with Crippen molar-refractivity contribution in [2.24, 2.45) is 5.92 Å². The molecule has 1 saturated carbocycles. The number of anilines is 1. The zero-order valence-electron chi connectivity index (χ0n) is 24.3. The highest BCUT2D eigenvalue weighted by Gasteiger charge is 2.44. The second kappa shape index (κ2) is 12.2. The van der Waals surface area contributed by atoms with Gasteiger partial charge in [-0.2, -0.15) is 0 Å². The van der Waals surface area contributed by atoms with Crippen LogP contribution >= 0.6 is 11.8 Å². The van der Waals surface area contributed by atoms with E-state index in [0.29, 0.717) is 23.4 Å². The van der Waals surface area contributed by atoms with Gasteiger partial charge in [-0.25, -0.2) is 0 Å². The first kappa shape index (κ1) is 28.4. The molecule has 5 rings (SSSR count). The molecule has 0 N–H and O–H groups in total. The van der Waals surface area contributed by atoms with Crippen LogP contribution in [0.25, 0.3) is 6.08 Å². The number of methoxy groups -OCH3 is 1. The maximum absolute atomic E-state index is 13.7. The monoisotopic (exact) mass is 563 g/mol. The van der Waals surface area contributed by atoms with Gasteiger partial charge in [0.1, 0.15) is 0 Å². The number of aryl methyl sites for hydroxylation is 1. The Labute approximate surface area is 242 Å². The van der Waals surface area contributed by atoms with E-state index in [-0.39, 0.29) is 29.8 Å². The van der Waals surface area contributed by atoms with Crippen molar-refractivity contribution in [1.29, 1.82) is 0 Å². The summed E-state index contributed by atoms with van der Waals surface area (Å²) in [6.45, 7) is 9.14. The normalized spacial score (nSPS) is 26.1. The molecular formula is C32H41N3O4S. The van der Waals surface area contributed by atoms with Crippen LogP contribution in [0, 0.1) is 12.8 Å². The number of ether oxygens (including phenoxy) is 2. The Morgan fingerprint density at radius 2 is 1.95 bits per heavy atom. The molecule has 4 unspecified atom stereocenters. The lowest BCUT2D eigenvalue weighted by Crippen LogP contribution is -2.57. The molecule has 0 aromatic heterocycles. The lowest BCUT2D eigenvalue weighted by molar-refractivity contribution is -0.139. The van der Waals surface area contributed by atoms with Crippen LogP contribution in [-0.4, -0.2) is 79.3 Å². The topological polar surface area (TPSA) is 62.3 Å². The fourth-order valence-electron chi connectivity index (χ4n) is 6.33. The summed E-state index contributed by atoms with van der Waals surface area (Å²) in [5.41, 5.74) is 3.39. The molecule has 0 bridgehead atoms. The van der Waals surface area contributed by atoms with Crippen molar-refractivity contribution in [3.05, 3.63) is 58.5 Å². The lowest BCUT2D eigenvalue weighted by Gasteiger charge is -2.46. The summed E-state index contributed by atoms with van der Waals surface area (Å²) < 4.78 is 11.1. The predicted molar refractivity (Wildman–Crippen MR) is 162 cm³/mol. The quantitative estimate of drug-likeness (QED) is 0.449. The highest BCUT2D eigenvalue weighted by Crippen LogP contribution is 2.44. The smallest absolute Gasteiger partial charge is 0.260 e. The summed E-state index contributed by atoms with van der Waals surface area (Å²) in [5.74, 6) is 1.59. The number of likely N-dealkylation sites (N-methyl/N-ethyl adjacent to an activating group) is 1. The summed E-state index contributed by atoms with van der Waals surface area (Å²) >= 11 is 1.67. The number of fused-ring (bicyclic) bond motifs is 1. The van der Waals surface area contributed by atoms with Gasteiger partial charge in [0.2, 0.25) is 5.91 Å². The van der Waals surface area contributed by atoms with Gasteiger partial charge in [-0.3, -0.25) is 9.59 Å². The second-order valence-electron chi connectivity index (χ2n) is 11.2. The molecule has 2 aromatic rings. The molecule has 2 heterocycles. The molecule has 3 aliphatic rings. The summed E-state index contributed by atoms with van der Waals surface area (Å²) in [7, 11) is 3.51. The Hall–Kier alpha value is -3.13. The third-order valence-electron chi connectivity index (χ3n) is 8.47. The van der Waals surface area contributed by atoms with Crippen molar-refractivity contribution in [1.82, 2.24) is 9.80 Å². The number of rotatable bonds is 6. The summed E-state index contributed by atoms with van der Waals surface area (Å²) in [4.78, 5) is 34.1.